The summed E-state index contributed by atoms with van der Waals surface area (Å²) in [5.74, 6) is 2.61. The van der Waals surface area contributed by atoms with Crippen molar-refractivity contribution in [1.82, 2.24) is 15.4 Å². The molecule has 1 aliphatic heterocycles. The van der Waals surface area contributed by atoms with Crippen LogP contribution in [0.4, 0.5) is 0 Å². The quantitative estimate of drug-likeness (QED) is 0.797. The molecule has 1 aromatic rings. The summed E-state index contributed by atoms with van der Waals surface area (Å²) in [4.78, 5) is 2.50. The number of piperidine rings is 1. The zero-order valence-electron chi connectivity index (χ0n) is 13.9. The Morgan fingerprint density at radius 2 is 2.14 bits per heavy atom. The molecular formula is C17H31N3O. The van der Waals surface area contributed by atoms with Crippen molar-refractivity contribution in [2.75, 3.05) is 19.6 Å². The van der Waals surface area contributed by atoms with Crippen molar-refractivity contribution in [1.29, 1.82) is 0 Å². The van der Waals surface area contributed by atoms with Crippen LogP contribution < -0.4 is 5.32 Å². The fourth-order valence-electron chi connectivity index (χ4n) is 3.06. The maximum atomic E-state index is 5.47. The van der Waals surface area contributed by atoms with E-state index in [-0.39, 0.29) is 0 Å². The Morgan fingerprint density at radius 1 is 1.38 bits per heavy atom. The van der Waals surface area contributed by atoms with Crippen molar-refractivity contribution in [3.63, 3.8) is 0 Å². The average molecular weight is 293 g/mol. The number of hydrogen-bond acceptors (Lipinski definition) is 4. The van der Waals surface area contributed by atoms with Crippen LogP contribution in [-0.4, -0.2) is 29.7 Å². The number of hydrogen-bond donors (Lipinski definition) is 1. The Bertz CT molecular complexity index is 394. The topological polar surface area (TPSA) is 41.3 Å². The zero-order valence-corrected chi connectivity index (χ0v) is 13.9. The molecule has 0 bridgehead atoms. The molecule has 0 unspecified atom stereocenters. The molecule has 0 radical (unpaired) electrons. The van der Waals surface area contributed by atoms with E-state index >= 15 is 0 Å². The van der Waals surface area contributed by atoms with E-state index in [0.29, 0.717) is 5.92 Å². The highest BCUT2D eigenvalue weighted by atomic mass is 16.5. The first-order valence-electron chi connectivity index (χ1n) is 8.55. The van der Waals surface area contributed by atoms with Gasteiger partial charge in [-0.3, -0.25) is 4.90 Å². The van der Waals surface area contributed by atoms with Gasteiger partial charge in [0.25, 0.3) is 0 Å². The van der Waals surface area contributed by atoms with E-state index in [0.717, 1.165) is 37.0 Å². The van der Waals surface area contributed by atoms with E-state index in [9.17, 15) is 0 Å². The molecule has 1 aliphatic rings. The molecule has 0 amide bonds. The molecule has 2 rings (SSSR count). The average Bonchev–Trinajstić information content (AvgIpc) is 2.88. The first-order valence-corrected chi connectivity index (χ1v) is 8.55. The molecule has 1 N–H and O–H groups in total. The molecule has 1 aromatic heterocycles. The summed E-state index contributed by atoms with van der Waals surface area (Å²) in [5.41, 5.74) is 1.02. The highest BCUT2D eigenvalue weighted by Crippen LogP contribution is 2.22. The summed E-state index contributed by atoms with van der Waals surface area (Å²) in [5, 5.41) is 7.56. The van der Waals surface area contributed by atoms with Crippen molar-refractivity contribution in [2.45, 2.75) is 59.5 Å². The highest BCUT2D eigenvalue weighted by molar-refractivity contribution is 5.05. The van der Waals surface area contributed by atoms with E-state index in [2.05, 4.69) is 42.2 Å². The van der Waals surface area contributed by atoms with E-state index in [1.54, 1.807) is 0 Å². The van der Waals surface area contributed by atoms with Crippen molar-refractivity contribution in [3.05, 3.63) is 17.5 Å². The minimum Gasteiger partial charge on any atom is -0.360 e. The Kier molecular flexibility index (Phi) is 6.71. The van der Waals surface area contributed by atoms with Gasteiger partial charge in [-0.1, -0.05) is 38.8 Å². The standard InChI is InChI=1S/C17H31N3O/c1-4-5-15-6-8-20(9-7-15)13-17-10-16(19-21-17)12-18-11-14(2)3/h10,14-15,18H,4-9,11-13H2,1-3H3. The number of nitrogens with zero attached hydrogens (tertiary/aromatic N) is 2. The SMILES string of the molecule is CCCC1CCN(Cc2cc(CNCC(C)C)no2)CC1. The van der Waals surface area contributed by atoms with Crippen LogP contribution in [0.5, 0.6) is 0 Å². The summed E-state index contributed by atoms with van der Waals surface area (Å²) < 4.78 is 5.47. The third-order valence-corrected chi connectivity index (χ3v) is 4.25. The minimum absolute atomic E-state index is 0.667. The molecule has 4 nitrogen and oxygen atoms in total. The van der Waals surface area contributed by atoms with Gasteiger partial charge in [0, 0.05) is 12.6 Å². The van der Waals surface area contributed by atoms with Crippen LogP contribution in [0.15, 0.2) is 10.6 Å². The number of rotatable bonds is 8. The molecule has 120 valence electrons. The maximum Gasteiger partial charge on any atom is 0.151 e. The van der Waals surface area contributed by atoms with Gasteiger partial charge in [-0.2, -0.15) is 0 Å². The van der Waals surface area contributed by atoms with Gasteiger partial charge in [-0.25, -0.2) is 0 Å². The lowest BCUT2D eigenvalue weighted by molar-refractivity contribution is 0.157. The molecule has 0 aliphatic carbocycles. The van der Waals surface area contributed by atoms with Crippen LogP contribution in [0, 0.1) is 11.8 Å². The van der Waals surface area contributed by atoms with Gasteiger partial charge in [0.1, 0.15) is 0 Å². The second-order valence-electron chi connectivity index (χ2n) is 6.82. The molecule has 2 heterocycles. The monoisotopic (exact) mass is 293 g/mol. The smallest absolute Gasteiger partial charge is 0.151 e. The van der Waals surface area contributed by atoms with Gasteiger partial charge >= 0.3 is 0 Å². The second-order valence-corrected chi connectivity index (χ2v) is 6.82. The second kappa shape index (κ2) is 8.54. The lowest BCUT2D eigenvalue weighted by atomic mass is 9.92. The van der Waals surface area contributed by atoms with Crippen LogP contribution >= 0.6 is 0 Å². The molecular weight excluding hydrogens is 262 g/mol. The summed E-state index contributed by atoms with van der Waals surface area (Å²) in [7, 11) is 0. The predicted octanol–water partition coefficient (Wildman–Crippen LogP) is 3.43. The van der Waals surface area contributed by atoms with Gasteiger partial charge in [0.05, 0.1) is 12.2 Å². The highest BCUT2D eigenvalue weighted by Gasteiger charge is 2.19. The van der Waals surface area contributed by atoms with E-state index < -0.39 is 0 Å². The van der Waals surface area contributed by atoms with Crippen LogP contribution in [0.3, 0.4) is 0 Å². The third kappa shape index (κ3) is 5.79. The fourth-order valence-corrected chi connectivity index (χ4v) is 3.06. The Morgan fingerprint density at radius 3 is 2.81 bits per heavy atom. The lowest BCUT2D eigenvalue weighted by Gasteiger charge is -2.30. The summed E-state index contributed by atoms with van der Waals surface area (Å²) in [6, 6.07) is 2.10. The van der Waals surface area contributed by atoms with Gasteiger partial charge < -0.3 is 9.84 Å². The van der Waals surface area contributed by atoms with Crippen molar-refractivity contribution in [3.8, 4) is 0 Å². The largest absolute Gasteiger partial charge is 0.360 e. The fraction of sp³-hybridized carbons (Fsp3) is 0.824. The van der Waals surface area contributed by atoms with Gasteiger partial charge in [-0.05, 0) is 44.3 Å². The van der Waals surface area contributed by atoms with E-state index in [1.165, 1.54) is 38.8 Å². The Balaban J connectivity index is 1.70. The molecule has 21 heavy (non-hydrogen) atoms. The Hall–Kier alpha value is -0.870. The van der Waals surface area contributed by atoms with Gasteiger partial charge in [0.2, 0.25) is 0 Å². The first-order chi connectivity index (χ1) is 10.2. The number of nitrogens with one attached hydrogen (secondary N) is 1. The van der Waals surface area contributed by atoms with Crippen LogP contribution in [0.25, 0.3) is 0 Å². The predicted molar refractivity (Wildman–Crippen MR) is 86.0 cm³/mol. The molecule has 0 spiro atoms. The van der Waals surface area contributed by atoms with Gasteiger partial charge in [0.15, 0.2) is 5.76 Å². The third-order valence-electron chi connectivity index (χ3n) is 4.25. The molecule has 0 aromatic carbocycles. The van der Waals surface area contributed by atoms with E-state index in [4.69, 9.17) is 4.52 Å². The summed E-state index contributed by atoms with van der Waals surface area (Å²) in [6.07, 6.45) is 5.39. The maximum absolute atomic E-state index is 5.47. The molecule has 1 fully saturated rings. The van der Waals surface area contributed by atoms with Gasteiger partial charge in [-0.15, -0.1) is 0 Å². The van der Waals surface area contributed by atoms with Crippen LogP contribution in [-0.2, 0) is 13.1 Å². The Labute approximate surface area is 129 Å². The molecule has 0 atom stereocenters. The molecule has 4 heteroatoms. The molecule has 1 saturated heterocycles. The molecule has 0 saturated carbocycles. The van der Waals surface area contributed by atoms with Crippen molar-refractivity contribution < 1.29 is 4.52 Å². The normalized spacial score (nSPS) is 17.7. The van der Waals surface area contributed by atoms with Crippen LogP contribution in [0.2, 0.25) is 0 Å². The number of likely N-dealkylation sites (tertiary alicyclic amines) is 1. The summed E-state index contributed by atoms with van der Waals surface area (Å²) >= 11 is 0. The first kappa shape index (κ1) is 16.5. The van der Waals surface area contributed by atoms with E-state index in [1.807, 2.05) is 0 Å². The number of aromatic nitrogens is 1. The van der Waals surface area contributed by atoms with Crippen LogP contribution in [0.1, 0.15) is 57.9 Å². The zero-order chi connectivity index (χ0) is 15.1. The van der Waals surface area contributed by atoms with Crippen molar-refractivity contribution >= 4 is 0 Å². The van der Waals surface area contributed by atoms with Crippen molar-refractivity contribution in [2.24, 2.45) is 11.8 Å². The summed E-state index contributed by atoms with van der Waals surface area (Å²) in [6.45, 7) is 11.9. The minimum atomic E-state index is 0.667. The lowest BCUT2D eigenvalue weighted by Crippen LogP contribution is -2.33.